The van der Waals surface area contributed by atoms with Crippen molar-refractivity contribution in [1.82, 2.24) is 9.62 Å². The van der Waals surface area contributed by atoms with Crippen molar-refractivity contribution < 1.29 is 0 Å². The van der Waals surface area contributed by atoms with Crippen molar-refractivity contribution in [2.24, 2.45) is 11.8 Å². The summed E-state index contributed by atoms with van der Waals surface area (Å²) in [6.07, 6.45) is 0. The maximum atomic E-state index is 4.30. The number of hydrogen-bond donors (Lipinski definition) is 2. The zero-order valence-electron chi connectivity index (χ0n) is 5.38. The Morgan fingerprint density at radius 3 is 2.33 bits per heavy atom. The van der Waals surface area contributed by atoms with Gasteiger partial charge in [-0.05, 0) is 24.9 Å². The van der Waals surface area contributed by atoms with Crippen LogP contribution in [0.4, 0.5) is 0 Å². The van der Waals surface area contributed by atoms with E-state index < -0.39 is 0 Å². The molecule has 0 aromatic carbocycles. The highest BCUT2D eigenvalue weighted by molar-refractivity contribution is 7.77. The molecule has 0 bridgehead atoms. The Labute approximate surface area is 61.2 Å². The summed E-state index contributed by atoms with van der Waals surface area (Å²) in [5.74, 6) is 1.78. The molecular weight excluding hydrogens is 132 g/mol. The van der Waals surface area contributed by atoms with Gasteiger partial charge in [0, 0.05) is 13.1 Å². The maximum absolute atomic E-state index is 4.30. The summed E-state index contributed by atoms with van der Waals surface area (Å²) in [5.41, 5.74) is 0. The predicted octanol–water partition coefficient (Wildman–Crippen LogP) is -0.0176. The Kier molecular flexibility index (Phi) is 1.43. The minimum atomic E-state index is 0.891. The topological polar surface area (TPSA) is 15.3 Å². The van der Waals surface area contributed by atoms with Gasteiger partial charge in [0.15, 0.2) is 0 Å². The molecule has 0 aromatic heterocycles. The first kappa shape index (κ1) is 6.01. The van der Waals surface area contributed by atoms with E-state index >= 15 is 0 Å². The highest BCUT2D eigenvalue weighted by atomic mass is 32.1. The number of nitrogens with zero attached hydrogens (tertiary/aromatic N) is 1. The summed E-state index contributed by atoms with van der Waals surface area (Å²) >= 11 is 4.30. The van der Waals surface area contributed by atoms with E-state index in [1.165, 1.54) is 26.2 Å². The summed E-state index contributed by atoms with van der Waals surface area (Å²) in [4.78, 5) is 0. The lowest BCUT2D eigenvalue weighted by atomic mass is 10.0. The van der Waals surface area contributed by atoms with Crippen LogP contribution in [0, 0.1) is 11.8 Å². The minimum Gasteiger partial charge on any atom is -0.316 e. The van der Waals surface area contributed by atoms with Crippen LogP contribution in [0.5, 0.6) is 0 Å². The lowest BCUT2D eigenvalue weighted by Crippen LogP contribution is -2.18. The van der Waals surface area contributed by atoms with Crippen molar-refractivity contribution in [1.29, 1.82) is 0 Å². The van der Waals surface area contributed by atoms with Gasteiger partial charge in [-0.15, -0.1) is 0 Å². The number of nitrogens with one attached hydrogen (secondary N) is 1. The van der Waals surface area contributed by atoms with E-state index in [-0.39, 0.29) is 0 Å². The van der Waals surface area contributed by atoms with Crippen molar-refractivity contribution in [3.05, 3.63) is 0 Å². The second kappa shape index (κ2) is 2.15. The highest BCUT2D eigenvalue weighted by Gasteiger charge is 2.34. The van der Waals surface area contributed by atoms with Gasteiger partial charge < -0.3 is 5.32 Å². The molecule has 0 spiro atoms. The normalized spacial score (nSPS) is 43.7. The van der Waals surface area contributed by atoms with Gasteiger partial charge in [-0.25, -0.2) is 0 Å². The van der Waals surface area contributed by atoms with Gasteiger partial charge >= 0.3 is 0 Å². The quantitative estimate of drug-likeness (QED) is 0.465. The van der Waals surface area contributed by atoms with E-state index in [4.69, 9.17) is 0 Å². The molecule has 2 atom stereocenters. The maximum Gasteiger partial charge on any atom is 0.0131 e. The molecule has 3 heteroatoms. The molecule has 2 aliphatic heterocycles. The molecule has 2 nitrogen and oxygen atoms in total. The Balaban J connectivity index is 2.02. The molecule has 0 unspecified atom stereocenters. The van der Waals surface area contributed by atoms with Crippen LogP contribution in [0.2, 0.25) is 0 Å². The number of thiol groups is 1. The van der Waals surface area contributed by atoms with Gasteiger partial charge in [0.05, 0.1) is 0 Å². The van der Waals surface area contributed by atoms with Crippen molar-refractivity contribution in [3.63, 3.8) is 0 Å². The molecule has 9 heavy (non-hydrogen) atoms. The summed E-state index contributed by atoms with van der Waals surface area (Å²) in [6.45, 7) is 4.78. The molecule has 52 valence electrons. The third-order valence-electron chi connectivity index (χ3n) is 2.37. The molecule has 2 fully saturated rings. The van der Waals surface area contributed by atoms with Crippen LogP contribution in [0.3, 0.4) is 0 Å². The van der Waals surface area contributed by atoms with Gasteiger partial charge in [0.25, 0.3) is 0 Å². The molecule has 0 radical (unpaired) electrons. The monoisotopic (exact) mass is 144 g/mol. The standard InChI is InChI=1S/C6H12N2S/c9-8-3-5-1-7-2-6(5)4-8/h5-7,9H,1-4H2/t5-,6+. The SMILES string of the molecule is SN1C[C@H]2CNC[C@H]2C1. The molecule has 0 aliphatic carbocycles. The smallest absolute Gasteiger partial charge is 0.0131 e. The zero-order chi connectivity index (χ0) is 6.27. The molecular formula is C6H12N2S. The van der Waals surface area contributed by atoms with Crippen LogP contribution in [-0.4, -0.2) is 30.5 Å². The van der Waals surface area contributed by atoms with E-state index in [0.717, 1.165) is 11.8 Å². The molecule has 2 heterocycles. The van der Waals surface area contributed by atoms with Gasteiger partial charge in [0.2, 0.25) is 0 Å². The van der Waals surface area contributed by atoms with E-state index in [1.807, 2.05) is 0 Å². The average molecular weight is 144 g/mol. The van der Waals surface area contributed by atoms with Gasteiger partial charge in [-0.1, -0.05) is 12.8 Å². The summed E-state index contributed by atoms with van der Waals surface area (Å²) in [7, 11) is 0. The summed E-state index contributed by atoms with van der Waals surface area (Å²) in [6, 6.07) is 0. The van der Waals surface area contributed by atoms with Crippen molar-refractivity contribution in [2.45, 2.75) is 0 Å². The van der Waals surface area contributed by atoms with E-state index in [2.05, 4.69) is 22.4 Å². The van der Waals surface area contributed by atoms with Crippen molar-refractivity contribution >= 4 is 12.8 Å². The molecule has 1 N–H and O–H groups in total. The second-order valence-electron chi connectivity index (χ2n) is 3.05. The van der Waals surface area contributed by atoms with Crippen LogP contribution >= 0.6 is 12.8 Å². The first-order valence-electron chi connectivity index (χ1n) is 3.51. The molecule has 2 rings (SSSR count). The van der Waals surface area contributed by atoms with Gasteiger partial charge in [-0.2, -0.15) is 0 Å². The fraction of sp³-hybridized carbons (Fsp3) is 1.00. The third-order valence-corrected chi connectivity index (χ3v) is 2.70. The Morgan fingerprint density at radius 1 is 1.22 bits per heavy atom. The number of hydrogen-bond acceptors (Lipinski definition) is 3. The summed E-state index contributed by atoms with van der Waals surface area (Å²) in [5, 5.41) is 3.38. The van der Waals surface area contributed by atoms with Crippen LogP contribution in [0.1, 0.15) is 0 Å². The van der Waals surface area contributed by atoms with Crippen LogP contribution in [-0.2, 0) is 0 Å². The minimum absolute atomic E-state index is 0.891. The van der Waals surface area contributed by atoms with Crippen LogP contribution in [0.15, 0.2) is 0 Å². The molecule has 2 saturated heterocycles. The first-order chi connectivity index (χ1) is 4.36. The third kappa shape index (κ3) is 0.974. The number of rotatable bonds is 0. The van der Waals surface area contributed by atoms with E-state index in [9.17, 15) is 0 Å². The first-order valence-corrected chi connectivity index (χ1v) is 3.91. The predicted molar refractivity (Wildman–Crippen MR) is 40.4 cm³/mol. The number of fused-ring (bicyclic) bond motifs is 1. The molecule has 0 amide bonds. The van der Waals surface area contributed by atoms with Crippen molar-refractivity contribution in [2.75, 3.05) is 26.2 Å². The van der Waals surface area contributed by atoms with Crippen LogP contribution in [0.25, 0.3) is 0 Å². The molecule has 0 aromatic rings. The van der Waals surface area contributed by atoms with E-state index in [0.29, 0.717) is 0 Å². The fourth-order valence-corrected chi connectivity index (χ4v) is 2.25. The summed E-state index contributed by atoms with van der Waals surface area (Å²) < 4.78 is 2.14. The van der Waals surface area contributed by atoms with Crippen LogP contribution < -0.4 is 5.32 Å². The molecule has 0 saturated carbocycles. The average Bonchev–Trinajstić information content (AvgIpc) is 2.22. The van der Waals surface area contributed by atoms with Crippen molar-refractivity contribution in [3.8, 4) is 0 Å². The second-order valence-corrected chi connectivity index (χ2v) is 3.62. The van der Waals surface area contributed by atoms with E-state index in [1.54, 1.807) is 0 Å². The molecule has 2 aliphatic rings. The van der Waals surface area contributed by atoms with Gasteiger partial charge in [-0.3, -0.25) is 4.31 Å². The van der Waals surface area contributed by atoms with Gasteiger partial charge in [0.1, 0.15) is 0 Å². The lowest BCUT2D eigenvalue weighted by molar-refractivity contribution is 0.526. The highest BCUT2D eigenvalue weighted by Crippen LogP contribution is 2.26. The largest absolute Gasteiger partial charge is 0.316 e. The fourth-order valence-electron chi connectivity index (χ4n) is 1.83. The zero-order valence-corrected chi connectivity index (χ0v) is 6.27. The lowest BCUT2D eigenvalue weighted by Gasteiger charge is -2.05. The Hall–Kier alpha value is 0.270. The Bertz CT molecular complexity index is 106. The Morgan fingerprint density at radius 2 is 1.78 bits per heavy atom.